The van der Waals surface area contributed by atoms with Crippen LogP contribution in [0.4, 0.5) is 11.4 Å². The Morgan fingerprint density at radius 2 is 1.88 bits per heavy atom. The number of fused-ring (bicyclic) bond motifs is 2. The van der Waals surface area contributed by atoms with Crippen LogP contribution in [0.25, 0.3) is 20.5 Å². The molecule has 1 N–H and O–H groups in total. The molecule has 0 aliphatic heterocycles. The average Bonchev–Trinajstić information content (AvgIpc) is 3.24. The van der Waals surface area contributed by atoms with E-state index in [1.807, 2.05) is 30.6 Å². The molecule has 1 aliphatic rings. The van der Waals surface area contributed by atoms with E-state index in [9.17, 15) is 4.79 Å². The van der Waals surface area contributed by atoms with Gasteiger partial charge in [-0.15, -0.1) is 11.3 Å². The third-order valence-corrected chi connectivity index (χ3v) is 6.01. The van der Waals surface area contributed by atoms with Crippen LogP contribution in [0.5, 0.6) is 0 Å². The molecule has 126 valence electrons. The Labute approximate surface area is 155 Å². The predicted octanol–water partition coefficient (Wildman–Crippen LogP) is 5.84. The Bertz CT molecular complexity index is 1130. The van der Waals surface area contributed by atoms with Crippen molar-refractivity contribution >= 4 is 38.6 Å². The van der Waals surface area contributed by atoms with E-state index in [4.69, 9.17) is 0 Å². The lowest BCUT2D eigenvalue weighted by molar-refractivity contribution is 0.0994. The summed E-state index contributed by atoms with van der Waals surface area (Å²) in [6, 6.07) is 18.5. The number of benzene rings is 2. The number of thiophene rings is 1. The first kappa shape index (κ1) is 15.3. The maximum atomic E-state index is 11.9. The zero-order chi connectivity index (χ0) is 17.5. The van der Waals surface area contributed by atoms with Gasteiger partial charge in [-0.1, -0.05) is 30.3 Å². The Hall–Kier alpha value is -2.98. The molecule has 4 aromatic rings. The maximum Gasteiger partial charge on any atom is 0.163 e. The lowest BCUT2D eigenvalue weighted by Gasteiger charge is -2.10. The summed E-state index contributed by atoms with van der Waals surface area (Å²) in [4.78, 5) is 17.4. The minimum absolute atomic E-state index is 0.253. The summed E-state index contributed by atoms with van der Waals surface area (Å²) in [5.74, 6) is 0.253. The van der Waals surface area contributed by atoms with Crippen molar-refractivity contribution in [2.45, 2.75) is 12.8 Å². The van der Waals surface area contributed by atoms with Crippen LogP contribution < -0.4 is 5.32 Å². The van der Waals surface area contributed by atoms with Crippen LogP contribution in [0, 0.1) is 0 Å². The van der Waals surface area contributed by atoms with Crippen molar-refractivity contribution in [1.29, 1.82) is 0 Å². The Kier molecular flexibility index (Phi) is 3.57. The molecule has 0 saturated heterocycles. The van der Waals surface area contributed by atoms with Crippen molar-refractivity contribution in [2.75, 3.05) is 5.32 Å². The van der Waals surface area contributed by atoms with Gasteiger partial charge in [0.15, 0.2) is 5.78 Å². The van der Waals surface area contributed by atoms with Gasteiger partial charge in [-0.25, -0.2) is 0 Å². The zero-order valence-electron chi connectivity index (χ0n) is 14.0. The number of carbonyl (C=O) groups is 1. The first-order valence-electron chi connectivity index (χ1n) is 8.65. The SMILES string of the molecule is O=C1CCc2cc(Nc3c(-c4ccccc4)sc4cnccc34)ccc21. The molecule has 0 fully saturated rings. The van der Waals surface area contributed by atoms with Crippen LogP contribution in [-0.2, 0) is 6.42 Å². The molecule has 0 amide bonds. The maximum absolute atomic E-state index is 11.9. The van der Waals surface area contributed by atoms with Crippen LogP contribution >= 0.6 is 11.3 Å². The van der Waals surface area contributed by atoms with E-state index in [0.29, 0.717) is 6.42 Å². The third-order valence-electron chi connectivity index (χ3n) is 4.83. The lowest BCUT2D eigenvalue weighted by atomic mass is 10.1. The summed E-state index contributed by atoms with van der Waals surface area (Å²) in [6.45, 7) is 0. The molecule has 0 bridgehead atoms. The third kappa shape index (κ3) is 2.50. The van der Waals surface area contributed by atoms with Crippen molar-refractivity contribution in [3.63, 3.8) is 0 Å². The summed E-state index contributed by atoms with van der Waals surface area (Å²) < 4.78 is 1.16. The zero-order valence-corrected chi connectivity index (χ0v) is 14.8. The monoisotopic (exact) mass is 356 g/mol. The second kappa shape index (κ2) is 6.07. The number of rotatable bonds is 3. The molecule has 0 spiro atoms. The first-order chi connectivity index (χ1) is 12.8. The van der Waals surface area contributed by atoms with E-state index < -0.39 is 0 Å². The van der Waals surface area contributed by atoms with Gasteiger partial charge in [0.2, 0.25) is 0 Å². The average molecular weight is 356 g/mol. The number of pyridine rings is 1. The summed E-state index contributed by atoms with van der Waals surface area (Å²) in [7, 11) is 0. The molecule has 2 aromatic carbocycles. The number of Topliss-reactive ketones (excluding diaryl/α,β-unsaturated/α-hetero) is 1. The second-order valence-corrected chi connectivity index (χ2v) is 7.52. The predicted molar refractivity (Wildman–Crippen MR) is 107 cm³/mol. The van der Waals surface area contributed by atoms with Crippen molar-refractivity contribution in [1.82, 2.24) is 4.98 Å². The van der Waals surface area contributed by atoms with E-state index >= 15 is 0 Å². The van der Waals surface area contributed by atoms with Crippen LogP contribution in [0.3, 0.4) is 0 Å². The Morgan fingerprint density at radius 3 is 2.77 bits per heavy atom. The van der Waals surface area contributed by atoms with Crippen LogP contribution in [0.1, 0.15) is 22.3 Å². The molecule has 0 radical (unpaired) electrons. The van der Waals surface area contributed by atoms with Gasteiger partial charge in [-0.05, 0) is 41.8 Å². The van der Waals surface area contributed by atoms with Gasteiger partial charge in [0, 0.05) is 35.5 Å². The van der Waals surface area contributed by atoms with Crippen LogP contribution in [0.2, 0.25) is 0 Å². The number of hydrogen-bond acceptors (Lipinski definition) is 4. The minimum Gasteiger partial charge on any atom is -0.354 e. The number of hydrogen-bond donors (Lipinski definition) is 1. The number of anilines is 2. The Balaban J connectivity index is 1.63. The van der Waals surface area contributed by atoms with E-state index in [2.05, 4.69) is 46.7 Å². The van der Waals surface area contributed by atoms with Gasteiger partial charge < -0.3 is 5.32 Å². The second-order valence-electron chi connectivity index (χ2n) is 6.46. The molecule has 3 nitrogen and oxygen atoms in total. The van der Waals surface area contributed by atoms with Gasteiger partial charge in [-0.2, -0.15) is 0 Å². The largest absolute Gasteiger partial charge is 0.354 e. The normalized spacial score (nSPS) is 13.2. The molecular formula is C22H16N2OS. The molecule has 0 saturated carbocycles. The molecular weight excluding hydrogens is 340 g/mol. The van der Waals surface area contributed by atoms with E-state index in [-0.39, 0.29) is 5.78 Å². The summed E-state index contributed by atoms with van der Waals surface area (Å²) in [6.07, 6.45) is 5.21. The smallest absolute Gasteiger partial charge is 0.163 e. The minimum atomic E-state index is 0.253. The highest BCUT2D eigenvalue weighted by Gasteiger charge is 2.20. The van der Waals surface area contributed by atoms with Crippen molar-refractivity contribution in [3.05, 3.63) is 78.1 Å². The van der Waals surface area contributed by atoms with Crippen molar-refractivity contribution in [3.8, 4) is 10.4 Å². The standard InChI is InChI=1S/C22H16N2OS/c25-19-9-6-15-12-16(7-8-17(15)19)24-21-18-10-11-23-13-20(18)26-22(21)14-4-2-1-3-5-14/h1-5,7-8,10-13,24H,6,9H2. The summed E-state index contributed by atoms with van der Waals surface area (Å²) in [5.41, 5.74) is 5.32. The molecule has 4 heteroatoms. The number of nitrogens with one attached hydrogen (secondary N) is 1. The molecule has 0 unspecified atom stereocenters. The van der Waals surface area contributed by atoms with Gasteiger partial charge in [0.1, 0.15) is 0 Å². The van der Waals surface area contributed by atoms with E-state index in [1.54, 1.807) is 11.3 Å². The summed E-state index contributed by atoms with van der Waals surface area (Å²) in [5, 5.41) is 4.78. The van der Waals surface area contributed by atoms with Gasteiger partial charge in [0.25, 0.3) is 0 Å². The lowest BCUT2D eigenvalue weighted by Crippen LogP contribution is -1.95. The summed E-state index contributed by atoms with van der Waals surface area (Å²) >= 11 is 1.74. The fourth-order valence-corrected chi connectivity index (χ4v) is 4.68. The van der Waals surface area contributed by atoms with Crippen molar-refractivity contribution in [2.24, 2.45) is 0 Å². The quantitative estimate of drug-likeness (QED) is 0.502. The van der Waals surface area contributed by atoms with Crippen LogP contribution in [0.15, 0.2) is 67.0 Å². The highest BCUT2D eigenvalue weighted by Crippen LogP contribution is 2.43. The number of aryl methyl sites for hydroxylation is 1. The highest BCUT2D eigenvalue weighted by atomic mass is 32.1. The van der Waals surface area contributed by atoms with E-state index in [1.165, 1.54) is 15.8 Å². The number of ketones is 1. The number of aromatic nitrogens is 1. The highest BCUT2D eigenvalue weighted by molar-refractivity contribution is 7.23. The number of carbonyl (C=O) groups excluding carboxylic acids is 1. The fourth-order valence-electron chi connectivity index (χ4n) is 3.55. The van der Waals surface area contributed by atoms with Gasteiger partial charge in [0.05, 0.1) is 15.3 Å². The van der Waals surface area contributed by atoms with Gasteiger partial charge in [-0.3, -0.25) is 9.78 Å². The molecule has 26 heavy (non-hydrogen) atoms. The van der Waals surface area contributed by atoms with Gasteiger partial charge >= 0.3 is 0 Å². The van der Waals surface area contributed by atoms with E-state index in [0.717, 1.165) is 33.6 Å². The fraction of sp³-hybridized carbons (Fsp3) is 0.0909. The molecule has 5 rings (SSSR count). The molecule has 0 atom stereocenters. The van der Waals surface area contributed by atoms with Crippen molar-refractivity contribution < 1.29 is 4.79 Å². The molecule has 1 aliphatic carbocycles. The Morgan fingerprint density at radius 1 is 1.00 bits per heavy atom. The van der Waals surface area contributed by atoms with Crippen LogP contribution in [-0.4, -0.2) is 10.8 Å². The number of nitrogens with zero attached hydrogens (tertiary/aromatic N) is 1. The topological polar surface area (TPSA) is 42.0 Å². The molecule has 2 heterocycles. The first-order valence-corrected chi connectivity index (χ1v) is 9.46. The molecule has 2 aromatic heterocycles.